The first kappa shape index (κ1) is 43.8. The van der Waals surface area contributed by atoms with Crippen LogP contribution in [-0.4, -0.2) is 114 Å². The van der Waals surface area contributed by atoms with E-state index in [1.165, 1.54) is 79.7 Å². The van der Waals surface area contributed by atoms with Gasteiger partial charge in [-0.15, -0.1) is 10.2 Å². The summed E-state index contributed by atoms with van der Waals surface area (Å²) in [6.07, 6.45) is -3.04. The molecule has 0 N–H and O–H groups in total. The van der Waals surface area contributed by atoms with Crippen LogP contribution in [0.4, 0.5) is 8.78 Å². The molecule has 2 saturated heterocycles. The zero-order valence-corrected chi connectivity index (χ0v) is 34.0. The standard InChI is InChI=1S/C39H42F2N6O12S/c1-19-33(46-15-29(42-44-46)25-9-7-11-27(40)13-25)35(55-22(4)50)31(17-53-20(2)48)58-38(19)60-39-37(57-24(6)52)34(36(56-23(5)51)32(59-39)18-54-21(3)49)47-16-30(43-45-47)26-10-8-12-28(41)14-26/h7-16,19,31-39H,17-18H2,1-6H3/t19-,31-,32?,33?,34+,35?,36+,37?,38?,39+/m1/s1. The Kier molecular flexibility index (Phi) is 13.9. The van der Waals surface area contributed by atoms with E-state index >= 15 is 0 Å². The van der Waals surface area contributed by atoms with E-state index in [4.69, 9.17) is 33.2 Å². The molecule has 0 saturated carbocycles. The molecule has 0 aliphatic carbocycles. The average Bonchev–Trinajstić information content (AvgIpc) is 3.86. The second kappa shape index (κ2) is 19.1. The van der Waals surface area contributed by atoms with Crippen LogP contribution in [0.15, 0.2) is 60.9 Å². The van der Waals surface area contributed by atoms with Crippen molar-refractivity contribution in [3.8, 4) is 22.5 Å². The van der Waals surface area contributed by atoms with Crippen LogP contribution in [0.3, 0.4) is 0 Å². The van der Waals surface area contributed by atoms with Crippen molar-refractivity contribution >= 4 is 41.6 Å². The summed E-state index contributed by atoms with van der Waals surface area (Å²) >= 11 is 1.02. The summed E-state index contributed by atoms with van der Waals surface area (Å²) < 4.78 is 72.5. The SMILES string of the molecule is CC(=O)OCC1O[C@@H](SC2O[C@H](COC(C)=O)C(OC(C)=O)C(n3cc(-c4cccc(F)c4)nn3)[C@H]2C)C(OC(C)=O)[C@@H](n2cc(-c3cccc(F)c3)nn2)[C@H]1OC(C)=O. The molecule has 5 unspecified atom stereocenters. The molecular weight excluding hydrogens is 815 g/mol. The molecule has 2 aromatic carbocycles. The van der Waals surface area contributed by atoms with Gasteiger partial charge in [-0.3, -0.25) is 24.0 Å². The van der Waals surface area contributed by atoms with Gasteiger partial charge in [0.1, 0.15) is 65.4 Å². The summed E-state index contributed by atoms with van der Waals surface area (Å²) in [5.74, 6) is -5.17. The van der Waals surface area contributed by atoms with Crippen molar-refractivity contribution in [2.45, 2.75) is 95.0 Å². The highest BCUT2D eigenvalue weighted by atomic mass is 32.2. The lowest BCUT2D eigenvalue weighted by molar-refractivity contribution is -0.213. The van der Waals surface area contributed by atoms with Crippen LogP contribution in [0.1, 0.15) is 53.6 Å². The Morgan fingerprint density at radius 1 is 0.633 bits per heavy atom. The number of rotatable bonds is 13. The van der Waals surface area contributed by atoms with E-state index in [2.05, 4.69) is 20.6 Å². The molecule has 2 aliphatic rings. The van der Waals surface area contributed by atoms with Gasteiger partial charge in [0.05, 0.1) is 18.4 Å². The smallest absolute Gasteiger partial charge is 0.303 e. The molecule has 0 spiro atoms. The third-order valence-electron chi connectivity index (χ3n) is 9.55. The second-order valence-corrected chi connectivity index (χ2v) is 15.3. The van der Waals surface area contributed by atoms with Gasteiger partial charge in [0.15, 0.2) is 18.3 Å². The molecule has 0 amide bonds. The quantitative estimate of drug-likeness (QED) is 0.137. The fraction of sp³-hybridized carbons (Fsp3) is 0.462. The average molecular weight is 857 g/mol. The van der Waals surface area contributed by atoms with Crippen LogP contribution < -0.4 is 0 Å². The van der Waals surface area contributed by atoms with Gasteiger partial charge in [-0.2, -0.15) is 0 Å². The van der Waals surface area contributed by atoms with E-state index in [1.807, 2.05) is 0 Å². The second-order valence-electron chi connectivity index (χ2n) is 14.1. The summed E-state index contributed by atoms with van der Waals surface area (Å²) in [5, 5.41) is 17.1. The molecule has 10 atom stereocenters. The molecule has 18 nitrogen and oxygen atoms in total. The number of esters is 5. The largest absolute Gasteiger partial charge is 0.463 e. The van der Waals surface area contributed by atoms with Gasteiger partial charge in [0, 0.05) is 51.7 Å². The van der Waals surface area contributed by atoms with Crippen molar-refractivity contribution < 1.29 is 65.9 Å². The zero-order chi connectivity index (χ0) is 43.2. The van der Waals surface area contributed by atoms with Crippen LogP contribution >= 0.6 is 11.8 Å². The number of benzene rings is 2. The van der Waals surface area contributed by atoms with Gasteiger partial charge in [0.25, 0.3) is 0 Å². The van der Waals surface area contributed by atoms with Crippen molar-refractivity contribution in [1.29, 1.82) is 0 Å². The van der Waals surface area contributed by atoms with Crippen molar-refractivity contribution in [2.24, 2.45) is 5.92 Å². The highest BCUT2D eigenvalue weighted by molar-refractivity contribution is 8.00. The summed E-state index contributed by atoms with van der Waals surface area (Å²) in [5.41, 5.74) is -0.848. The minimum Gasteiger partial charge on any atom is -0.463 e. The van der Waals surface area contributed by atoms with Crippen molar-refractivity contribution in [2.75, 3.05) is 13.2 Å². The van der Waals surface area contributed by atoms with Crippen LogP contribution in [-0.2, 0) is 57.1 Å². The monoisotopic (exact) mass is 856 g/mol. The highest BCUT2D eigenvalue weighted by Gasteiger charge is 2.55. The Morgan fingerprint density at radius 2 is 1.07 bits per heavy atom. The molecule has 21 heteroatoms. The highest BCUT2D eigenvalue weighted by Crippen LogP contribution is 2.47. The molecule has 320 valence electrons. The maximum atomic E-state index is 14.2. The number of halogens is 2. The fourth-order valence-corrected chi connectivity index (χ4v) is 8.56. The Labute approximate surface area is 346 Å². The lowest BCUT2D eigenvalue weighted by atomic mass is 9.90. The molecule has 4 heterocycles. The molecule has 0 radical (unpaired) electrons. The minimum atomic E-state index is -1.33. The molecule has 4 aromatic rings. The van der Waals surface area contributed by atoms with Gasteiger partial charge in [-0.25, -0.2) is 18.1 Å². The Morgan fingerprint density at radius 3 is 1.52 bits per heavy atom. The van der Waals surface area contributed by atoms with E-state index in [-0.39, 0.29) is 12.3 Å². The maximum absolute atomic E-state index is 14.2. The van der Waals surface area contributed by atoms with Gasteiger partial charge in [-0.1, -0.05) is 53.4 Å². The topological polar surface area (TPSA) is 211 Å². The Bertz CT molecular complexity index is 2210. The molecule has 2 fully saturated rings. The lowest BCUT2D eigenvalue weighted by Gasteiger charge is -2.48. The fourth-order valence-electron chi connectivity index (χ4n) is 7.10. The number of nitrogens with zero attached hydrogens (tertiary/aromatic N) is 6. The van der Waals surface area contributed by atoms with Crippen LogP contribution in [0.25, 0.3) is 22.5 Å². The normalized spacial score (nSPS) is 26.4. The van der Waals surface area contributed by atoms with Crippen LogP contribution in [0.2, 0.25) is 0 Å². The lowest BCUT2D eigenvalue weighted by Crippen LogP contribution is -2.59. The van der Waals surface area contributed by atoms with E-state index < -0.39 is 107 Å². The predicted molar refractivity (Wildman–Crippen MR) is 203 cm³/mol. The summed E-state index contributed by atoms with van der Waals surface area (Å²) in [7, 11) is 0. The Hall–Kier alpha value is -5.80. The number of carbonyl (C=O) groups is 5. The van der Waals surface area contributed by atoms with Crippen molar-refractivity contribution in [3.05, 3.63) is 72.6 Å². The van der Waals surface area contributed by atoms with Gasteiger partial charge in [-0.05, 0) is 24.3 Å². The molecular formula is C39H42F2N6O12S. The van der Waals surface area contributed by atoms with E-state index in [9.17, 15) is 32.8 Å². The Balaban J connectivity index is 1.43. The molecule has 0 bridgehead atoms. The first-order valence-electron chi connectivity index (χ1n) is 18.7. The number of carbonyl (C=O) groups excluding carboxylic acids is 5. The minimum absolute atomic E-state index is 0.229. The molecule has 2 aliphatic heterocycles. The van der Waals surface area contributed by atoms with Crippen LogP contribution in [0, 0.1) is 17.6 Å². The number of hydrogen-bond acceptors (Lipinski definition) is 17. The van der Waals surface area contributed by atoms with E-state index in [0.29, 0.717) is 16.8 Å². The molecule has 60 heavy (non-hydrogen) atoms. The maximum Gasteiger partial charge on any atom is 0.303 e. The van der Waals surface area contributed by atoms with Gasteiger partial charge >= 0.3 is 29.8 Å². The number of aromatic nitrogens is 6. The summed E-state index contributed by atoms with van der Waals surface area (Å²) in [6.45, 7) is 6.89. The van der Waals surface area contributed by atoms with Gasteiger partial charge < -0.3 is 33.2 Å². The van der Waals surface area contributed by atoms with Crippen molar-refractivity contribution in [1.82, 2.24) is 30.0 Å². The molecule has 2 aromatic heterocycles. The molecule has 6 rings (SSSR count). The number of ether oxygens (including phenoxy) is 7. The number of thioether (sulfide) groups is 1. The zero-order valence-electron chi connectivity index (χ0n) is 33.2. The van der Waals surface area contributed by atoms with Gasteiger partial charge in [0.2, 0.25) is 0 Å². The third kappa shape index (κ3) is 10.5. The third-order valence-corrected chi connectivity index (χ3v) is 11.0. The first-order valence-corrected chi connectivity index (χ1v) is 19.6. The van der Waals surface area contributed by atoms with E-state index in [0.717, 1.165) is 18.7 Å². The van der Waals surface area contributed by atoms with Crippen molar-refractivity contribution in [3.63, 3.8) is 0 Å². The first-order chi connectivity index (χ1) is 28.6. The van der Waals surface area contributed by atoms with Crippen LogP contribution in [0.5, 0.6) is 0 Å². The van der Waals surface area contributed by atoms with E-state index in [1.54, 1.807) is 25.3 Å². The summed E-state index contributed by atoms with van der Waals surface area (Å²) in [4.78, 5) is 62.3. The predicted octanol–water partition coefficient (Wildman–Crippen LogP) is 4.00. The summed E-state index contributed by atoms with van der Waals surface area (Å²) in [6, 6.07) is 9.29. The number of hydrogen-bond donors (Lipinski definition) is 0.